The Hall–Kier alpha value is -1.79. The van der Waals surface area contributed by atoms with Crippen molar-refractivity contribution in [3.8, 4) is 0 Å². The van der Waals surface area contributed by atoms with Crippen molar-refractivity contribution < 1.29 is 8.78 Å². The molecule has 0 aliphatic rings. The van der Waals surface area contributed by atoms with E-state index in [4.69, 9.17) is 0 Å². The van der Waals surface area contributed by atoms with Gasteiger partial charge in [-0.3, -0.25) is 4.57 Å². The molecule has 0 aliphatic carbocycles. The second kappa shape index (κ2) is 6.14. The number of nitrogens with zero attached hydrogens (tertiary/aromatic N) is 2. The van der Waals surface area contributed by atoms with E-state index >= 15 is 0 Å². The Bertz CT molecular complexity index is 779. The summed E-state index contributed by atoms with van der Waals surface area (Å²) in [5, 5.41) is 5.33. The standard InChI is InChI=1S/C16H17F2N3S/c1-10-7-8-22-14(10)9-19-11(2)15-20-12-5-3-4-6-13(12)21(15)16(17)18/h3-8,11,16,19H,9H2,1-2H3/t11-/m0/s1. The molecule has 3 nitrogen and oxygen atoms in total. The van der Waals surface area contributed by atoms with E-state index in [0.717, 1.165) is 4.57 Å². The molecule has 22 heavy (non-hydrogen) atoms. The van der Waals surface area contributed by atoms with Crippen LogP contribution in [0.4, 0.5) is 8.78 Å². The molecule has 6 heteroatoms. The highest BCUT2D eigenvalue weighted by Gasteiger charge is 2.21. The van der Waals surface area contributed by atoms with Crippen LogP contribution in [0.25, 0.3) is 11.0 Å². The third-order valence-corrected chi connectivity index (χ3v) is 4.77. The van der Waals surface area contributed by atoms with Crippen molar-refractivity contribution in [1.29, 1.82) is 0 Å². The first kappa shape index (κ1) is 15.1. The first-order valence-electron chi connectivity index (χ1n) is 7.09. The van der Waals surface area contributed by atoms with Gasteiger partial charge < -0.3 is 5.32 Å². The summed E-state index contributed by atoms with van der Waals surface area (Å²) in [7, 11) is 0. The van der Waals surface area contributed by atoms with Crippen LogP contribution in [0.3, 0.4) is 0 Å². The van der Waals surface area contributed by atoms with Gasteiger partial charge in [0.05, 0.1) is 17.1 Å². The lowest BCUT2D eigenvalue weighted by Gasteiger charge is -2.15. The van der Waals surface area contributed by atoms with Gasteiger partial charge in [0, 0.05) is 11.4 Å². The van der Waals surface area contributed by atoms with Crippen LogP contribution in [-0.4, -0.2) is 9.55 Å². The summed E-state index contributed by atoms with van der Waals surface area (Å²) in [6.45, 7) is 1.96. The number of benzene rings is 1. The summed E-state index contributed by atoms with van der Waals surface area (Å²) in [6.07, 6.45) is 0. The molecular formula is C16H17F2N3S. The predicted octanol–water partition coefficient (Wildman–Crippen LogP) is 4.65. The Labute approximate surface area is 131 Å². The maximum absolute atomic E-state index is 13.4. The zero-order valence-corrected chi connectivity index (χ0v) is 13.2. The Balaban J connectivity index is 1.88. The van der Waals surface area contributed by atoms with Crippen LogP contribution in [0.2, 0.25) is 0 Å². The molecule has 0 unspecified atom stereocenters. The Kier molecular flexibility index (Phi) is 4.22. The SMILES string of the molecule is Cc1ccsc1CN[C@@H](C)c1nc2ccccc2n1C(F)F. The number of nitrogens with one attached hydrogen (secondary N) is 1. The van der Waals surface area contributed by atoms with Gasteiger partial charge in [0.2, 0.25) is 0 Å². The van der Waals surface area contributed by atoms with Gasteiger partial charge in [-0.1, -0.05) is 12.1 Å². The molecule has 0 fully saturated rings. The quantitative estimate of drug-likeness (QED) is 0.741. The zero-order chi connectivity index (χ0) is 15.7. The Morgan fingerprint density at radius 3 is 2.73 bits per heavy atom. The molecule has 3 rings (SSSR count). The zero-order valence-electron chi connectivity index (χ0n) is 12.4. The summed E-state index contributed by atoms with van der Waals surface area (Å²) in [5.74, 6) is 0.366. The van der Waals surface area contributed by atoms with Crippen molar-refractivity contribution in [2.45, 2.75) is 33.0 Å². The fourth-order valence-electron chi connectivity index (χ4n) is 2.50. The number of fused-ring (bicyclic) bond motifs is 1. The molecule has 1 atom stereocenters. The highest BCUT2D eigenvalue weighted by Crippen LogP contribution is 2.27. The summed E-state index contributed by atoms with van der Waals surface area (Å²) < 4.78 is 27.9. The van der Waals surface area contributed by atoms with Crippen molar-refractivity contribution in [1.82, 2.24) is 14.9 Å². The van der Waals surface area contributed by atoms with Crippen LogP contribution in [0.1, 0.15) is 35.8 Å². The second-order valence-electron chi connectivity index (χ2n) is 5.24. The molecule has 1 aromatic carbocycles. The third-order valence-electron chi connectivity index (χ3n) is 3.74. The molecule has 0 radical (unpaired) electrons. The molecule has 0 saturated heterocycles. The minimum atomic E-state index is -2.60. The largest absolute Gasteiger partial charge is 0.320 e. The lowest BCUT2D eigenvalue weighted by atomic mass is 10.2. The lowest BCUT2D eigenvalue weighted by Crippen LogP contribution is -2.22. The number of hydrogen-bond acceptors (Lipinski definition) is 3. The number of aromatic nitrogens is 2. The Morgan fingerprint density at radius 1 is 1.27 bits per heavy atom. The number of para-hydroxylation sites is 2. The fourth-order valence-corrected chi connectivity index (χ4v) is 3.35. The molecule has 3 aromatic rings. The first-order valence-corrected chi connectivity index (χ1v) is 7.97. The molecule has 2 heterocycles. The van der Waals surface area contributed by atoms with E-state index in [2.05, 4.69) is 16.4 Å². The molecule has 116 valence electrons. The van der Waals surface area contributed by atoms with E-state index in [1.54, 1.807) is 29.5 Å². The molecule has 0 amide bonds. The fraction of sp³-hybridized carbons (Fsp3) is 0.312. The van der Waals surface area contributed by atoms with Crippen molar-refractivity contribution in [3.63, 3.8) is 0 Å². The van der Waals surface area contributed by atoms with Gasteiger partial charge in [0.25, 0.3) is 0 Å². The molecule has 0 aliphatic heterocycles. The highest BCUT2D eigenvalue weighted by atomic mass is 32.1. The van der Waals surface area contributed by atoms with Crippen LogP contribution >= 0.6 is 11.3 Å². The van der Waals surface area contributed by atoms with Crippen LogP contribution in [0.15, 0.2) is 35.7 Å². The summed E-state index contributed by atoms with van der Waals surface area (Å²) in [6, 6.07) is 8.78. The minimum absolute atomic E-state index is 0.261. The van der Waals surface area contributed by atoms with Crippen LogP contribution in [0, 0.1) is 6.92 Å². The summed E-state index contributed by atoms with van der Waals surface area (Å²) in [4.78, 5) is 5.59. The topological polar surface area (TPSA) is 29.9 Å². The number of thiophene rings is 1. The van der Waals surface area contributed by atoms with E-state index in [-0.39, 0.29) is 6.04 Å². The average Bonchev–Trinajstić information content (AvgIpc) is 3.08. The van der Waals surface area contributed by atoms with Gasteiger partial charge in [-0.25, -0.2) is 4.98 Å². The van der Waals surface area contributed by atoms with Crippen molar-refractivity contribution >= 4 is 22.4 Å². The summed E-state index contributed by atoms with van der Waals surface area (Å²) in [5.41, 5.74) is 2.28. The lowest BCUT2D eigenvalue weighted by molar-refractivity contribution is 0.0698. The molecule has 0 saturated carbocycles. The van der Waals surface area contributed by atoms with Crippen molar-refractivity contribution in [3.05, 3.63) is 52.0 Å². The number of halogens is 2. The normalized spacial score (nSPS) is 13.1. The van der Waals surface area contributed by atoms with Crippen molar-refractivity contribution in [2.24, 2.45) is 0 Å². The highest BCUT2D eigenvalue weighted by molar-refractivity contribution is 7.10. The monoisotopic (exact) mass is 321 g/mol. The number of hydrogen-bond donors (Lipinski definition) is 1. The minimum Gasteiger partial charge on any atom is -0.303 e. The molecule has 0 bridgehead atoms. The van der Waals surface area contributed by atoms with Gasteiger partial charge in [-0.15, -0.1) is 11.3 Å². The van der Waals surface area contributed by atoms with Crippen LogP contribution in [-0.2, 0) is 6.54 Å². The maximum Gasteiger partial charge on any atom is 0.320 e. The second-order valence-corrected chi connectivity index (χ2v) is 6.24. The van der Waals surface area contributed by atoms with Gasteiger partial charge >= 0.3 is 6.55 Å². The first-order chi connectivity index (χ1) is 10.6. The molecular weight excluding hydrogens is 304 g/mol. The average molecular weight is 321 g/mol. The predicted molar refractivity (Wildman–Crippen MR) is 85.3 cm³/mol. The maximum atomic E-state index is 13.4. The van der Waals surface area contributed by atoms with Crippen molar-refractivity contribution in [2.75, 3.05) is 0 Å². The van der Waals surface area contributed by atoms with Gasteiger partial charge in [0.15, 0.2) is 0 Å². The summed E-state index contributed by atoms with van der Waals surface area (Å²) >= 11 is 1.66. The molecule has 0 spiro atoms. The van der Waals surface area contributed by atoms with Crippen LogP contribution < -0.4 is 5.32 Å². The molecule has 2 aromatic heterocycles. The number of aryl methyl sites for hydroxylation is 1. The smallest absolute Gasteiger partial charge is 0.303 e. The number of rotatable bonds is 5. The van der Waals surface area contributed by atoms with Crippen LogP contribution in [0.5, 0.6) is 0 Å². The third kappa shape index (κ3) is 2.76. The number of alkyl halides is 2. The van der Waals surface area contributed by atoms with E-state index < -0.39 is 6.55 Å². The van der Waals surface area contributed by atoms with E-state index in [1.807, 2.05) is 25.3 Å². The van der Waals surface area contributed by atoms with E-state index in [0.29, 0.717) is 23.4 Å². The number of imidazole rings is 1. The molecule has 1 N–H and O–H groups in total. The van der Waals surface area contributed by atoms with Gasteiger partial charge in [0.1, 0.15) is 5.82 Å². The van der Waals surface area contributed by atoms with E-state index in [1.165, 1.54) is 10.4 Å². The van der Waals surface area contributed by atoms with E-state index in [9.17, 15) is 8.78 Å². The van der Waals surface area contributed by atoms with Gasteiger partial charge in [-0.2, -0.15) is 8.78 Å². The Morgan fingerprint density at radius 2 is 2.05 bits per heavy atom. The van der Waals surface area contributed by atoms with Gasteiger partial charge in [-0.05, 0) is 43.0 Å².